The minimum Gasteiger partial charge on any atom is -0.322 e. The topological polar surface area (TPSA) is 35.6 Å². The Kier molecular flexibility index (Phi) is 6.10. The van der Waals surface area contributed by atoms with Gasteiger partial charge in [0.25, 0.3) is 0 Å². The molecule has 3 rings (SSSR count). The first-order valence-electron chi connectivity index (χ1n) is 8.63. The molecule has 0 saturated carbocycles. The number of anilines is 1. The molecule has 1 fully saturated rings. The van der Waals surface area contributed by atoms with Gasteiger partial charge in [-0.25, -0.2) is 9.18 Å². The van der Waals surface area contributed by atoms with Gasteiger partial charge in [0.15, 0.2) is 0 Å². The van der Waals surface area contributed by atoms with Gasteiger partial charge in [-0.05, 0) is 24.3 Å². The molecule has 0 radical (unpaired) electrons. The third-order valence-electron chi connectivity index (χ3n) is 4.58. The number of amides is 2. The first-order chi connectivity index (χ1) is 13.3. The number of hydrogen-bond donors (Lipinski definition) is 1. The van der Waals surface area contributed by atoms with Crippen LogP contribution in [0.3, 0.4) is 0 Å². The van der Waals surface area contributed by atoms with Crippen molar-refractivity contribution in [3.8, 4) is 0 Å². The summed E-state index contributed by atoms with van der Waals surface area (Å²) >= 11 is 6.04. The summed E-state index contributed by atoms with van der Waals surface area (Å²) in [6, 6.07) is 8.72. The molecule has 2 aromatic carbocycles. The molecule has 1 heterocycles. The molecule has 0 spiro atoms. The lowest BCUT2D eigenvalue weighted by Crippen LogP contribution is -2.49. The van der Waals surface area contributed by atoms with Crippen molar-refractivity contribution in [1.29, 1.82) is 0 Å². The molecule has 0 aliphatic carbocycles. The summed E-state index contributed by atoms with van der Waals surface area (Å²) in [6.07, 6.45) is -4.55. The minimum absolute atomic E-state index is 0.277. The van der Waals surface area contributed by atoms with Gasteiger partial charge in [0.05, 0.1) is 11.3 Å². The van der Waals surface area contributed by atoms with Crippen LogP contribution < -0.4 is 5.32 Å². The van der Waals surface area contributed by atoms with Crippen LogP contribution in [0.4, 0.5) is 28.0 Å². The molecular weight excluding hydrogens is 398 g/mol. The van der Waals surface area contributed by atoms with Crippen LogP contribution in [0.25, 0.3) is 0 Å². The fourth-order valence-electron chi connectivity index (χ4n) is 3.05. The van der Waals surface area contributed by atoms with Crippen molar-refractivity contribution < 1.29 is 22.4 Å². The fourth-order valence-corrected chi connectivity index (χ4v) is 3.27. The van der Waals surface area contributed by atoms with Gasteiger partial charge >= 0.3 is 12.2 Å². The number of benzene rings is 2. The third-order valence-corrected chi connectivity index (χ3v) is 4.93. The summed E-state index contributed by atoms with van der Waals surface area (Å²) in [6.45, 7) is 1.84. The van der Waals surface area contributed by atoms with E-state index in [9.17, 15) is 22.4 Å². The first kappa shape index (κ1) is 20.4. The molecule has 1 aliphatic heterocycles. The van der Waals surface area contributed by atoms with Crippen LogP contribution in [0.15, 0.2) is 42.5 Å². The lowest BCUT2D eigenvalue weighted by atomic mass is 10.1. The Bertz CT molecular complexity index is 831. The molecule has 150 valence electrons. The SMILES string of the molecule is O=C(Nc1ccccc1C(F)(F)F)N1CCN(Cc2c(F)cccc2Cl)CC1. The van der Waals surface area contributed by atoms with E-state index in [0.717, 1.165) is 6.07 Å². The maximum Gasteiger partial charge on any atom is 0.418 e. The van der Waals surface area contributed by atoms with E-state index >= 15 is 0 Å². The average Bonchev–Trinajstić information content (AvgIpc) is 2.65. The summed E-state index contributed by atoms with van der Waals surface area (Å²) in [5.74, 6) is -0.392. The van der Waals surface area contributed by atoms with Gasteiger partial charge in [-0.15, -0.1) is 0 Å². The van der Waals surface area contributed by atoms with Gasteiger partial charge in [-0.2, -0.15) is 13.2 Å². The van der Waals surface area contributed by atoms with Gasteiger partial charge in [0.2, 0.25) is 0 Å². The molecule has 0 unspecified atom stereocenters. The number of nitrogens with one attached hydrogen (secondary N) is 1. The Hall–Kier alpha value is -2.32. The van der Waals surface area contributed by atoms with Crippen LogP contribution in [-0.4, -0.2) is 42.0 Å². The zero-order valence-corrected chi connectivity index (χ0v) is 15.5. The molecule has 1 aliphatic rings. The van der Waals surface area contributed by atoms with Crippen LogP contribution in [0.1, 0.15) is 11.1 Å². The Morgan fingerprint density at radius 1 is 1.04 bits per heavy atom. The second kappa shape index (κ2) is 8.36. The van der Waals surface area contributed by atoms with Crippen LogP contribution in [-0.2, 0) is 12.7 Å². The Morgan fingerprint density at radius 2 is 1.71 bits per heavy atom. The third kappa shape index (κ3) is 4.74. The Balaban J connectivity index is 1.59. The zero-order valence-electron chi connectivity index (χ0n) is 14.8. The van der Waals surface area contributed by atoms with E-state index in [1.807, 2.05) is 4.90 Å². The summed E-state index contributed by atoms with van der Waals surface area (Å²) in [7, 11) is 0. The molecule has 28 heavy (non-hydrogen) atoms. The maximum absolute atomic E-state index is 13.9. The van der Waals surface area contributed by atoms with Gasteiger partial charge in [0.1, 0.15) is 5.82 Å². The highest BCUT2D eigenvalue weighted by Crippen LogP contribution is 2.34. The van der Waals surface area contributed by atoms with E-state index < -0.39 is 23.6 Å². The van der Waals surface area contributed by atoms with Crippen molar-refractivity contribution in [2.45, 2.75) is 12.7 Å². The highest BCUT2D eigenvalue weighted by atomic mass is 35.5. The highest BCUT2D eigenvalue weighted by molar-refractivity contribution is 6.31. The van der Waals surface area contributed by atoms with Crippen LogP contribution in [0, 0.1) is 5.82 Å². The number of carbonyl (C=O) groups is 1. The molecule has 1 saturated heterocycles. The van der Waals surface area contributed by atoms with Crippen LogP contribution >= 0.6 is 11.6 Å². The Morgan fingerprint density at radius 3 is 2.36 bits per heavy atom. The van der Waals surface area contributed by atoms with E-state index in [1.54, 1.807) is 6.07 Å². The van der Waals surface area contributed by atoms with Gasteiger partial charge < -0.3 is 10.2 Å². The van der Waals surface area contributed by atoms with Crippen molar-refractivity contribution in [1.82, 2.24) is 9.80 Å². The summed E-state index contributed by atoms with van der Waals surface area (Å²) in [5.41, 5.74) is -0.780. The predicted octanol–water partition coefficient (Wildman–Crippen LogP) is 4.85. The number of nitrogens with zero attached hydrogens (tertiary/aromatic N) is 2. The van der Waals surface area contributed by atoms with Crippen molar-refractivity contribution in [2.75, 3.05) is 31.5 Å². The molecule has 0 bridgehead atoms. The molecule has 9 heteroatoms. The molecule has 4 nitrogen and oxygen atoms in total. The standard InChI is InChI=1S/C19H18ClF4N3O/c20-15-5-3-6-16(21)13(15)12-26-8-10-27(11-9-26)18(28)25-17-7-2-1-4-14(17)19(22,23)24/h1-7H,8-12H2,(H,25,28). The number of carbonyl (C=O) groups excluding carboxylic acids is 1. The first-order valence-corrected chi connectivity index (χ1v) is 9.01. The average molecular weight is 416 g/mol. The predicted molar refractivity (Wildman–Crippen MR) is 98.7 cm³/mol. The molecule has 1 N–H and O–H groups in total. The lowest BCUT2D eigenvalue weighted by molar-refractivity contribution is -0.136. The quantitative estimate of drug-likeness (QED) is 0.727. The molecule has 0 aromatic heterocycles. The number of hydrogen-bond acceptors (Lipinski definition) is 2. The monoisotopic (exact) mass is 415 g/mol. The summed E-state index contributed by atoms with van der Waals surface area (Å²) in [4.78, 5) is 15.7. The fraction of sp³-hybridized carbons (Fsp3) is 0.316. The van der Waals surface area contributed by atoms with E-state index in [1.165, 1.54) is 35.2 Å². The van der Waals surface area contributed by atoms with E-state index in [4.69, 9.17) is 11.6 Å². The summed E-state index contributed by atoms with van der Waals surface area (Å²) < 4.78 is 53.1. The Labute approximate surface area is 164 Å². The van der Waals surface area contributed by atoms with Crippen molar-refractivity contribution in [2.24, 2.45) is 0 Å². The largest absolute Gasteiger partial charge is 0.418 e. The molecule has 2 amide bonds. The van der Waals surface area contributed by atoms with Crippen LogP contribution in [0.5, 0.6) is 0 Å². The number of rotatable bonds is 3. The zero-order chi connectivity index (χ0) is 20.3. The van der Waals surface area contributed by atoms with Gasteiger partial charge in [-0.3, -0.25) is 4.90 Å². The second-order valence-electron chi connectivity index (χ2n) is 6.44. The van der Waals surface area contributed by atoms with E-state index in [-0.39, 0.29) is 5.69 Å². The van der Waals surface area contributed by atoms with E-state index in [0.29, 0.717) is 43.3 Å². The maximum atomic E-state index is 13.9. The number of alkyl halides is 3. The highest BCUT2D eigenvalue weighted by Gasteiger charge is 2.34. The van der Waals surface area contributed by atoms with E-state index in [2.05, 4.69) is 5.32 Å². The van der Waals surface area contributed by atoms with Crippen molar-refractivity contribution in [3.05, 3.63) is 64.4 Å². The van der Waals surface area contributed by atoms with Crippen LogP contribution in [0.2, 0.25) is 5.02 Å². The van der Waals surface area contributed by atoms with Gasteiger partial charge in [0, 0.05) is 43.3 Å². The van der Waals surface area contributed by atoms with Crippen molar-refractivity contribution >= 4 is 23.3 Å². The number of halogens is 5. The lowest BCUT2D eigenvalue weighted by Gasteiger charge is -2.35. The van der Waals surface area contributed by atoms with Crippen molar-refractivity contribution in [3.63, 3.8) is 0 Å². The number of piperazine rings is 1. The number of para-hydroxylation sites is 1. The molecular formula is C19H18ClF4N3O. The summed E-state index contributed by atoms with van der Waals surface area (Å²) in [5, 5.41) is 2.67. The molecule has 2 aromatic rings. The normalized spacial score (nSPS) is 15.5. The van der Waals surface area contributed by atoms with Gasteiger partial charge in [-0.1, -0.05) is 29.8 Å². The second-order valence-corrected chi connectivity index (χ2v) is 6.84. The smallest absolute Gasteiger partial charge is 0.322 e. The molecule has 0 atom stereocenters. The minimum atomic E-state index is -4.55. The number of urea groups is 1.